The summed E-state index contributed by atoms with van der Waals surface area (Å²) in [6.45, 7) is 4.87. The van der Waals surface area contributed by atoms with Crippen molar-refractivity contribution in [1.82, 2.24) is 4.90 Å². The lowest BCUT2D eigenvalue weighted by atomic mass is 10.1. The first-order valence-corrected chi connectivity index (χ1v) is 13.7. The molecule has 0 unspecified atom stereocenters. The van der Waals surface area contributed by atoms with Gasteiger partial charge >= 0.3 is 0 Å². The molecule has 1 saturated heterocycles. The standard InChI is InChI=1S/C29H27N3O3S2/c1-4-31-24-18-23(35-3)14-15-25(24)36-28(31)26-27(34)32(17-16-20-8-6-5-7-9-20)29(37-26)30-22-12-10-21(11-13-22)19(2)33/h5-15,18H,4,16-17H2,1-3H3/b28-26-,30-29?. The van der Waals surface area contributed by atoms with E-state index in [4.69, 9.17) is 9.73 Å². The summed E-state index contributed by atoms with van der Waals surface area (Å²) in [7, 11) is 1.66. The molecular formula is C29H27N3O3S2. The van der Waals surface area contributed by atoms with Gasteiger partial charge in [-0.3, -0.25) is 14.5 Å². The van der Waals surface area contributed by atoms with Crippen molar-refractivity contribution >= 4 is 51.8 Å². The minimum Gasteiger partial charge on any atom is -0.497 e. The Morgan fingerprint density at radius 1 is 0.973 bits per heavy atom. The van der Waals surface area contributed by atoms with Gasteiger partial charge in [0.05, 0.1) is 18.5 Å². The van der Waals surface area contributed by atoms with Crippen LogP contribution in [0.2, 0.25) is 0 Å². The molecule has 1 fully saturated rings. The van der Waals surface area contributed by atoms with Gasteiger partial charge in [-0.25, -0.2) is 4.99 Å². The SMILES string of the molecule is CCN1/C(=C2/SC(=Nc3ccc(C(C)=O)cc3)N(CCc3ccccc3)C2=O)Sc2ccc(OC)cc21. The first-order valence-electron chi connectivity index (χ1n) is 12.1. The number of carbonyl (C=O) groups is 2. The van der Waals surface area contributed by atoms with E-state index >= 15 is 0 Å². The summed E-state index contributed by atoms with van der Waals surface area (Å²) in [5, 5.41) is 1.56. The van der Waals surface area contributed by atoms with Gasteiger partial charge in [-0.15, -0.1) is 0 Å². The lowest BCUT2D eigenvalue weighted by Gasteiger charge is -2.19. The van der Waals surface area contributed by atoms with Crippen LogP contribution in [0.5, 0.6) is 5.75 Å². The molecule has 188 valence electrons. The van der Waals surface area contributed by atoms with Crippen molar-refractivity contribution in [3.63, 3.8) is 0 Å². The molecule has 2 aliphatic heterocycles. The number of thioether (sulfide) groups is 2. The Bertz CT molecular complexity index is 1400. The molecule has 3 aromatic carbocycles. The number of benzene rings is 3. The Hall–Kier alpha value is -3.49. The maximum absolute atomic E-state index is 13.9. The fourth-order valence-corrected chi connectivity index (χ4v) is 6.65. The van der Waals surface area contributed by atoms with Crippen LogP contribution in [0.1, 0.15) is 29.8 Å². The Labute approximate surface area is 225 Å². The molecule has 6 nitrogen and oxygen atoms in total. The molecule has 0 spiro atoms. The van der Waals surface area contributed by atoms with Crippen LogP contribution < -0.4 is 9.64 Å². The van der Waals surface area contributed by atoms with Crippen molar-refractivity contribution < 1.29 is 14.3 Å². The normalized spacial score (nSPS) is 18.0. The number of anilines is 1. The average molecular weight is 530 g/mol. The van der Waals surface area contributed by atoms with E-state index in [9.17, 15) is 9.59 Å². The van der Waals surface area contributed by atoms with Gasteiger partial charge in [-0.1, -0.05) is 42.1 Å². The third-order valence-corrected chi connectivity index (χ3v) is 8.63. The number of hydrogen-bond donors (Lipinski definition) is 0. The second kappa shape index (κ2) is 10.9. The quantitative estimate of drug-likeness (QED) is 0.257. The number of Topliss-reactive ketones (excluding diaryl/α,β-unsaturated/α-hetero) is 1. The van der Waals surface area contributed by atoms with E-state index in [1.807, 2.05) is 48.5 Å². The van der Waals surface area contributed by atoms with Crippen LogP contribution in [-0.2, 0) is 11.2 Å². The number of nitrogens with zero attached hydrogens (tertiary/aromatic N) is 3. The first-order chi connectivity index (χ1) is 18.0. The Kier molecular flexibility index (Phi) is 7.39. The summed E-state index contributed by atoms with van der Waals surface area (Å²) in [4.78, 5) is 36.1. The average Bonchev–Trinajstić information content (AvgIpc) is 3.44. The number of ketones is 1. The molecule has 8 heteroatoms. The summed E-state index contributed by atoms with van der Waals surface area (Å²) in [6, 6.07) is 23.3. The molecule has 37 heavy (non-hydrogen) atoms. The maximum Gasteiger partial charge on any atom is 0.269 e. The smallest absolute Gasteiger partial charge is 0.269 e. The monoisotopic (exact) mass is 529 g/mol. The van der Waals surface area contributed by atoms with E-state index in [1.165, 1.54) is 11.8 Å². The second-order valence-corrected chi connectivity index (χ2v) is 10.6. The van der Waals surface area contributed by atoms with Gasteiger partial charge < -0.3 is 9.64 Å². The first kappa shape index (κ1) is 25.2. The number of rotatable bonds is 7. The lowest BCUT2D eigenvalue weighted by molar-refractivity contribution is -0.122. The number of hydrogen-bond acceptors (Lipinski definition) is 7. The van der Waals surface area contributed by atoms with E-state index in [0.717, 1.165) is 39.9 Å². The fraction of sp³-hybridized carbons (Fsp3) is 0.207. The number of ether oxygens (including phenoxy) is 1. The van der Waals surface area contributed by atoms with Gasteiger partial charge in [-0.05, 0) is 74.0 Å². The van der Waals surface area contributed by atoms with Gasteiger partial charge in [0.2, 0.25) is 0 Å². The predicted molar refractivity (Wildman–Crippen MR) is 152 cm³/mol. The zero-order valence-corrected chi connectivity index (χ0v) is 22.6. The number of aliphatic imine (C=N–C) groups is 1. The molecule has 0 aliphatic carbocycles. The molecule has 0 saturated carbocycles. The number of amidine groups is 1. The molecular weight excluding hydrogens is 502 g/mol. The largest absolute Gasteiger partial charge is 0.497 e. The van der Waals surface area contributed by atoms with Crippen molar-refractivity contribution in [3.8, 4) is 5.75 Å². The number of carbonyl (C=O) groups excluding carboxylic acids is 2. The maximum atomic E-state index is 13.9. The summed E-state index contributed by atoms with van der Waals surface area (Å²) in [5.41, 5.74) is 3.55. The molecule has 2 aliphatic rings. The Morgan fingerprint density at radius 2 is 1.73 bits per heavy atom. The summed E-state index contributed by atoms with van der Waals surface area (Å²) < 4.78 is 5.44. The van der Waals surface area contributed by atoms with Crippen LogP contribution >= 0.6 is 23.5 Å². The van der Waals surface area contributed by atoms with Gasteiger partial charge in [0.1, 0.15) is 15.7 Å². The highest BCUT2D eigenvalue weighted by Crippen LogP contribution is 2.51. The van der Waals surface area contributed by atoms with Crippen LogP contribution in [0.3, 0.4) is 0 Å². The number of amides is 1. The highest BCUT2D eigenvalue weighted by atomic mass is 32.2. The highest BCUT2D eigenvalue weighted by molar-refractivity contribution is 8.19. The van der Waals surface area contributed by atoms with Crippen molar-refractivity contribution in [2.75, 3.05) is 25.1 Å². The number of fused-ring (bicyclic) bond motifs is 1. The van der Waals surface area contributed by atoms with Gasteiger partial charge in [0.15, 0.2) is 11.0 Å². The highest BCUT2D eigenvalue weighted by Gasteiger charge is 2.39. The van der Waals surface area contributed by atoms with Crippen LogP contribution in [0, 0.1) is 0 Å². The third kappa shape index (κ3) is 5.17. The van der Waals surface area contributed by atoms with Crippen LogP contribution in [0.25, 0.3) is 0 Å². The molecule has 0 radical (unpaired) electrons. The summed E-state index contributed by atoms with van der Waals surface area (Å²) in [5.74, 6) is 0.756. The van der Waals surface area contributed by atoms with E-state index in [0.29, 0.717) is 27.9 Å². The van der Waals surface area contributed by atoms with E-state index in [1.54, 1.807) is 42.8 Å². The minimum atomic E-state index is -0.0410. The van der Waals surface area contributed by atoms with E-state index in [2.05, 4.69) is 24.0 Å². The van der Waals surface area contributed by atoms with E-state index in [-0.39, 0.29) is 11.7 Å². The molecule has 0 aromatic heterocycles. The molecule has 5 rings (SSSR count). The molecule has 0 bridgehead atoms. The van der Waals surface area contributed by atoms with Gasteiger partial charge in [0.25, 0.3) is 5.91 Å². The topological polar surface area (TPSA) is 62.2 Å². The van der Waals surface area contributed by atoms with Crippen LogP contribution in [0.15, 0.2) is 92.6 Å². The summed E-state index contributed by atoms with van der Waals surface area (Å²) in [6.07, 6.45) is 0.722. The van der Waals surface area contributed by atoms with Crippen molar-refractivity contribution in [2.24, 2.45) is 4.99 Å². The molecule has 0 N–H and O–H groups in total. The predicted octanol–water partition coefficient (Wildman–Crippen LogP) is 6.50. The van der Waals surface area contributed by atoms with Crippen LogP contribution in [0.4, 0.5) is 11.4 Å². The van der Waals surface area contributed by atoms with Crippen molar-refractivity contribution in [1.29, 1.82) is 0 Å². The molecule has 2 heterocycles. The number of methoxy groups -OCH3 is 1. The molecule has 0 atom stereocenters. The lowest BCUT2D eigenvalue weighted by Crippen LogP contribution is -2.32. The van der Waals surface area contributed by atoms with Crippen LogP contribution in [-0.4, -0.2) is 42.0 Å². The van der Waals surface area contributed by atoms with E-state index < -0.39 is 0 Å². The van der Waals surface area contributed by atoms with Gasteiger partial charge in [-0.2, -0.15) is 0 Å². The minimum absolute atomic E-state index is 0.00948. The molecule has 1 amide bonds. The second-order valence-electron chi connectivity index (χ2n) is 8.61. The molecule has 3 aromatic rings. The summed E-state index contributed by atoms with van der Waals surface area (Å²) >= 11 is 3.02. The third-order valence-electron chi connectivity index (χ3n) is 6.25. The zero-order chi connectivity index (χ0) is 25.9. The Morgan fingerprint density at radius 3 is 2.41 bits per heavy atom. The fourth-order valence-electron chi connectivity index (χ4n) is 4.25. The zero-order valence-electron chi connectivity index (χ0n) is 20.9. The van der Waals surface area contributed by atoms with Crippen molar-refractivity contribution in [2.45, 2.75) is 25.2 Å². The van der Waals surface area contributed by atoms with Crippen molar-refractivity contribution in [3.05, 3.63) is 93.9 Å². The van der Waals surface area contributed by atoms with Gasteiger partial charge in [0, 0.05) is 29.6 Å². The Balaban J connectivity index is 1.51.